The van der Waals surface area contributed by atoms with Crippen molar-refractivity contribution in [3.63, 3.8) is 0 Å². The van der Waals surface area contributed by atoms with Crippen LogP contribution in [0.5, 0.6) is 5.75 Å². The van der Waals surface area contributed by atoms with Gasteiger partial charge in [-0.1, -0.05) is 17.7 Å². The van der Waals surface area contributed by atoms with E-state index in [0.717, 1.165) is 17.1 Å². The van der Waals surface area contributed by atoms with Gasteiger partial charge in [-0.05, 0) is 13.0 Å². The zero-order valence-electron chi connectivity index (χ0n) is 6.79. The van der Waals surface area contributed by atoms with Crippen molar-refractivity contribution in [2.24, 2.45) is 0 Å². The van der Waals surface area contributed by atoms with Crippen molar-refractivity contribution >= 4 is 12.6 Å². The summed E-state index contributed by atoms with van der Waals surface area (Å²) >= 11 is 4.20. The second kappa shape index (κ2) is 3.67. The fourth-order valence-electron chi connectivity index (χ4n) is 1.03. The van der Waals surface area contributed by atoms with E-state index in [2.05, 4.69) is 25.6 Å². The number of ether oxygens (including phenoxy) is 1. The van der Waals surface area contributed by atoms with Crippen molar-refractivity contribution in [1.29, 1.82) is 0 Å². The Kier molecular flexibility index (Phi) is 2.83. The van der Waals surface area contributed by atoms with E-state index in [-0.39, 0.29) is 0 Å². The van der Waals surface area contributed by atoms with Gasteiger partial charge in [-0.15, -0.1) is 0 Å². The average Bonchev–Trinajstić information content (AvgIpc) is 2.04. The highest BCUT2D eigenvalue weighted by Crippen LogP contribution is 2.20. The lowest BCUT2D eigenvalue weighted by Crippen LogP contribution is -1.89. The highest BCUT2D eigenvalue weighted by molar-refractivity contribution is 7.79. The van der Waals surface area contributed by atoms with Crippen LogP contribution in [0.1, 0.15) is 11.1 Å². The standard InChI is InChI=1S/C9H12OS/c1-7-3-4-9(10-2)8(5-7)6-11/h3-5,11H,6H2,1-2H3. The lowest BCUT2D eigenvalue weighted by molar-refractivity contribution is 0.411. The predicted molar refractivity (Wildman–Crippen MR) is 50.4 cm³/mol. The minimum absolute atomic E-state index is 0.727. The number of rotatable bonds is 2. The molecule has 0 saturated heterocycles. The number of methoxy groups -OCH3 is 1. The van der Waals surface area contributed by atoms with Gasteiger partial charge in [0.15, 0.2) is 0 Å². The molecule has 11 heavy (non-hydrogen) atoms. The first-order valence-corrected chi connectivity index (χ1v) is 4.15. The summed E-state index contributed by atoms with van der Waals surface area (Å²) in [6, 6.07) is 6.10. The number of thiol groups is 1. The van der Waals surface area contributed by atoms with Crippen molar-refractivity contribution in [2.45, 2.75) is 12.7 Å². The molecule has 1 aromatic carbocycles. The predicted octanol–water partition coefficient (Wildman–Crippen LogP) is 2.43. The first-order chi connectivity index (χ1) is 5.27. The van der Waals surface area contributed by atoms with Crippen LogP contribution in [0, 0.1) is 6.92 Å². The van der Waals surface area contributed by atoms with Crippen molar-refractivity contribution < 1.29 is 4.74 Å². The van der Waals surface area contributed by atoms with Gasteiger partial charge in [-0.2, -0.15) is 12.6 Å². The molecular formula is C9H12OS. The van der Waals surface area contributed by atoms with Crippen molar-refractivity contribution in [3.8, 4) is 5.75 Å². The first-order valence-electron chi connectivity index (χ1n) is 3.52. The highest BCUT2D eigenvalue weighted by Gasteiger charge is 1.99. The molecule has 1 rings (SSSR count). The topological polar surface area (TPSA) is 9.23 Å². The summed E-state index contributed by atoms with van der Waals surface area (Å²) in [5, 5.41) is 0. The Hall–Kier alpha value is -0.630. The molecule has 0 atom stereocenters. The van der Waals surface area contributed by atoms with E-state index >= 15 is 0 Å². The highest BCUT2D eigenvalue weighted by atomic mass is 32.1. The van der Waals surface area contributed by atoms with Crippen LogP contribution in [0.3, 0.4) is 0 Å². The molecule has 0 aliphatic carbocycles. The lowest BCUT2D eigenvalue weighted by Gasteiger charge is -2.05. The second-order valence-corrected chi connectivity index (χ2v) is 2.79. The Bertz CT molecular complexity index is 245. The summed E-state index contributed by atoms with van der Waals surface area (Å²) in [7, 11) is 1.68. The van der Waals surface area contributed by atoms with Crippen LogP contribution in [-0.2, 0) is 5.75 Å². The van der Waals surface area contributed by atoms with E-state index in [1.165, 1.54) is 5.56 Å². The van der Waals surface area contributed by atoms with Crippen LogP contribution in [0.2, 0.25) is 0 Å². The summed E-state index contributed by atoms with van der Waals surface area (Å²) in [4.78, 5) is 0. The van der Waals surface area contributed by atoms with Gasteiger partial charge in [0, 0.05) is 11.3 Å². The molecule has 1 aromatic rings. The summed E-state index contributed by atoms with van der Waals surface area (Å²) < 4.78 is 5.14. The van der Waals surface area contributed by atoms with E-state index in [1.54, 1.807) is 7.11 Å². The van der Waals surface area contributed by atoms with Gasteiger partial charge < -0.3 is 4.74 Å². The quantitative estimate of drug-likeness (QED) is 0.667. The van der Waals surface area contributed by atoms with Gasteiger partial charge in [-0.3, -0.25) is 0 Å². The third-order valence-corrected chi connectivity index (χ3v) is 1.95. The number of aryl methyl sites for hydroxylation is 1. The Balaban J connectivity index is 3.06. The molecule has 0 unspecified atom stereocenters. The van der Waals surface area contributed by atoms with E-state index in [0.29, 0.717) is 0 Å². The van der Waals surface area contributed by atoms with Gasteiger partial charge in [0.25, 0.3) is 0 Å². The van der Waals surface area contributed by atoms with Gasteiger partial charge in [0.2, 0.25) is 0 Å². The monoisotopic (exact) mass is 168 g/mol. The molecule has 0 amide bonds. The molecular weight excluding hydrogens is 156 g/mol. The molecule has 1 nitrogen and oxygen atoms in total. The number of hydrogen-bond acceptors (Lipinski definition) is 2. The fourth-order valence-corrected chi connectivity index (χ4v) is 1.28. The van der Waals surface area contributed by atoms with Crippen LogP contribution in [0.4, 0.5) is 0 Å². The third kappa shape index (κ3) is 1.90. The Morgan fingerprint density at radius 3 is 2.73 bits per heavy atom. The lowest BCUT2D eigenvalue weighted by atomic mass is 10.1. The molecule has 60 valence electrons. The molecule has 0 fully saturated rings. The Labute approximate surface area is 72.8 Å². The normalized spacial score (nSPS) is 9.73. The summed E-state index contributed by atoms with van der Waals surface area (Å²) in [5.74, 6) is 1.65. The minimum atomic E-state index is 0.727. The number of benzene rings is 1. The fraction of sp³-hybridized carbons (Fsp3) is 0.333. The van der Waals surface area contributed by atoms with Crippen LogP contribution < -0.4 is 4.74 Å². The molecule has 0 aliphatic heterocycles. The summed E-state index contributed by atoms with van der Waals surface area (Å²) in [5.41, 5.74) is 2.39. The second-order valence-electron chi connectivity index (χ2n) is 2.47. The zero-order chi connectivity index (χ0) is 8.27. The van der Waals surface area contributed by atoms with Gasteiger partial charge in [-0.25, -0.2) is 0 Å². The first kappa shape index (κ1) is 8.47. The van der Waals surface area contributed by atoms with Crippen molar-refractivity contribution in [3.05, 3.63) is 29.3 Å². The van der Waals surface area contributed by atoms with E-state index in [4.69, 9.17) is 4.74 Å². The summed E-state index contributed by atoms with van der Waals surface area (Å²) in [6.07, 6.45) is 0. The minimum Gasteiger partial charge on any atom is -0.496 e. The molecule has 0 radical (unpaired) electrons. The van der Waals surface area contributed by atoms with E-state index < -0.39 is 0 Å². The maximum Gasteiger partial charge on any atom is 0.122 e. The van der Waals surface area contributed by atoms with E-state index in [9.17, 15) is 0 Å². The van der Waals surface area contributed by atoms with Gasteiger partial charge in [0.1, 0.15) is 5.75 Å². The molecule has 0 spiro atoms. The molecule has 0 saturated carbocycles. The van der Waals surface area contributed by atoms with Crippen LogP contribution >= 0.6 is 12.6 Å². The number of hydrogen-bond donors (Lipinski definition) is 1. The molecule has 0 N–H and O–H groups in total. The Morgan fingerprint density at radius 1 is 1.45 bits per heavy atom. The SMILES string of the molecule is COc1ccc(C)cc1CS. The Morgan fingerprint density at radius 2 is 2.18 bits per heavy atom. The maximum absolute atomic E-state index is 5.14. The summed E-state index contributed by atoms with van der Waals surface area (Å²) in [6.45, 7) is 2.06. The third-order valence-electron chi connectivity index (χ3n) is 1.61. The smallest absolute Gasteiger partial charge is 0.122 e. The zero-order valence-corrected chi connectivity index (χ0v) is 7.69. The van der Waals surface area contributed by atoms with E-state index in [1.807, 2.05) is 12.1 Å². The molecule has 0 aromatic heterocycles. The van der Waals surface area contributed by atoms with Crippen LogP contribution in [0.25, 0.3) is 0 Å². The molecule has 2 heteroatoms. The van der Waals surface area contributed by atoms with Crippen molar-refractivity contribution in [2.75, 3.05) is 7.11 Å². The van der Waals surface area contributed by atoms with Crippen LogP contribution in [-0.4, -0.2) is 7.11 Å². The van der Waals surface area contributed by atoms with Crippen LogP contribution in [0.15, 0.2) is 18.2 Å². The van der Waals surface area contributed by atoms with Gasteiger partial charge in [0.05, 0.1) is 7.11 Å². The molecule has 0 aliphatic rings. The molecule has 0 bridgehead atoms. The average molecular weight is 168 g/mol. The van der Waals surface area contributed by atoms with Crippen molar-refractivity contribution in [1.82, 2.24) is 0 Å². The molecule has 0 heterocycles. The largest absolute Gasteiger partial charge is 0.496 e. The van der Waals surface area contributed by atoms with Gasteiger partial charge >= 0.3 is 0 Å². The maximum atomic E-state index is 5.14.